The molecule has 0 saturated heterocycles. The van der Waals surface area contributed by atoms with Crippen LogP contribution in [-0.2, 0) is 0 Å². The van der Waals surface area contributed by atoms with Gasteiger partial charge in [-0.25, -0.2) is 4.68 Å². The molecule has 4 heteroatoms. The maximum Gasteiger partial charge on any atom is 0.190 e. The number of hydrogen-bond acceptors (Lipinski definition) is 3. The van der Waals surface area contributed by atoms with Crippen LogP contribution in [0.25, 0.3) is 0 Å². The van der Waals surface area contributed by atoms with Crippen molar-refractivity contribution in [2.75, 3.05) is 5.84 Å². The average molecular weight is 125 g/mol. The highest BCUT2D eigenvalue weighted by Crippen LogP contribution is 1.72. The van der Waals surface area contributed by atoms with E-state index in [4.69, 9.17) is 11.0 Å². The number of nitrogens with zero attached hydrogens (tertiary/aromatic N) is 2. The summed E-state index contributed by atoms with van der Waals surface area (Å²) >= 11 is 0. The molecule has 4 nitrogen and oxygen atoms in total. The molecule has 0 bridgehead atoms. The molecule has 1 heterocycles. The molecule has 0 amide bonds. The maximum atomic E-state index is 8.24. The molecule has 0 atom stereocenters. The summed E-state index contributed by atoms with van der Waals surface area (Å²) < 4.78 is 1.22. The van der Waals surface area contributed by atoms with Crippen LogP contribution in [0.15, 0.2) is 29.6 Å². The second-order valence-electron chi connectivity index (χ2n) is 1.57. The molecule has 0 fully saturated rings. The average Bonchev–Trinajstić information content (AvgIpc) is 1.89. The van der Waals surface area contributed by atoms with Gasteiger partial charge in [-0.15, -0.1) is 0 Å². The molecule has 0 aliphatic rings. The number of hydrogen-bond donors (Lipinski definition) is 2. The van der Waals surface area contributed by atoms with Crippen LogP contribution in [0, 0.1) is 0 Å². The van der Waals surface area contributed by atoms with Crippen LogP contribution in [0.5, 0.6) is 0 Å². The van der Waals surface area contributed by atoms with Gasteiger partial charge in [0.1, 0.15) is 0 Å². The maximum absolute atomic E-state index is 8.24. The summed E-state index contributed by atoms with van der Waals surface area (Å²) in [6.45, 7) is 0. The molecule has 0 saturated carbocycles. The first kappa shape index (κ1) is 5.68. The van der Waals surface area contributed by atoms with Crippen molar-refractivity contribution in [1.82, 2.24) is 4.68 Å². The van der Waals surface area contributed by atoms with Gasteiger partial charge in [-0.3, -0.25) is 0 Å². The van der Waals surface area contributed by atoms with Gasteiger partial charge in [-0.1, -0.05) is 11.2 Å². The van der Waals surface area contributed by atoms with Crippen LogP contribution in [0.2, 0.25) is 0 Å². The van der Waals surface area contributed by atoms with Gasteiger partial charge in [0.05, 0.1) is 0 Å². The molecule has 0 radical (unpaired) electrons. The van der Waals surface area contributed by atoms with E-state index >= 15 is 0 Å². The molecule has 9 heavy (non-hydrogen) atoms. The van der Waals surface area contributed by atoms with E-state index in [1.165, 1.54) is 4.68 Å². The molecule has 1 aromatic rings. The summed E-state index contributed by atoms with van der Waals surface area (Å²) in [5.74, 6) is 5.29. The largest absolute Gasteiger partial charge is 0.409 e. The van der Waals surface area contributed by atoms with Crippen molar-refractivity contribution in [3.8, 4) is 0 Å². The number of nitrogen functional groups attached to an aromatic ring is 1. The van der Waals surface area contributed by atoms with Crippen LogP contribution >= 0.6 is 0 Å². The van der Waals surface area contributed by atoms with Crippen molar-refractivity contribution in [1.29, 1.82) is 0 Å². The molecule has 1 rings (SSSR count). The predicted molar refractivity (Wildman–Crippen MR) is 31.9 cm³/mol. The minimum atomic E-state index is 0.331. The summed E-state index contributed by atoms with van der Waals surface area (Å²) in [6, 6.07) is 5.08. The molecule has 0 aromatic carbocycles. The third-order valence-corrected chi connectivity index (χ3v) is 0.970. The highest BCUT2D eigenvalue weighted by Gasteiger charge is 1.80. The highest BCUT2D eigenvalue weighted by molar-refractivity contribution is 4.91. The fourth-order valence-electron chi connectivity index (χ4n) is 0.531. The van der Waals surface area contributed by atoms with E-state index in [1.54, 1.807) is 24.4 Å². The zero-order valence-corrected chi connectivity index (χ0v) is 4.73. The van der Waals surface area contributed by atoms with Crippen LogP contribution in [0.1, 0.15) is 0 Å². The first-order valence-corrected chi connectivity index (χ1v) is 2.45. The van der Waals surface area contributed by atoms with Crippen molar-refractivity contribution in [2.45, 2.75) is 0 Å². The first-order valence-electron chi connectivity index (χ1n) is 2.45. The molecule has 48 valence electrons. The van der Waals surface area contributed by atoms with Gasteiger partial charge in [0, 0.05) is 6.20 Å². The Labute approximate surface area is 51.8 Å². The topological polar surface area (TPSA) is 63.5 Å². The molecule has 0 spiro atoms. The zero-order chi connectivity index (χ0) is 6.69. The smallest absolute Gasteiger partial charge is 0.190 e. The lowest BCUT2D eigenvalue weighted by Crippen LogP contribution is -2.26. The fraction of sp³-hybridized carbons (Fsp3) is 0. The summed E-state index contributed by atoms with van der Waals surface area (Å²) in [5, 5.41) is 11.2. The SMILES string of the molecule is Nn1cccc/c1=N/O. The summed E-state index contributed by atoms with van der Waals surface area (Å²) in [4.78, 5) is 0. The second-order valence-corrected chi connectivity index (χ2v) is 1.57. The fourth-order valence-corrected chi connectivity index (χ4v) is 0.531. The van der Waals surface area contributed by atoms with Gasteiger partial charge in [-0.05, 0) is 12.1 Å². The highest BCUT2D eigenvalue weighted by atomic mass is 16.4. The molecule has 1 aromatic heterocycles. The monoisotopic (exact) mass is 125 g/mol. The Kier molecular flexibility index (Phi) is 1.40. The van der Waals surface area contributed by atoms with E-state index < -0.39 is 0 Å². The Balaban J connectivity index is 3.33. The van der Waals surface area contributed by atoms with E-state index in [2.05, 4.69) is 5.16 Å². The minimum absolute atomic E-state index is 0.331. The van der Waals surface area contributed by atoms with E-state index in [0.29, 0.717) is 5.49 Å². The molecule has 0 aliphatic carbocycles. The molecular formula is C5H7N3O. The van der Waals surface area contributed by atoms with Crippen molar-refractivity contribution in [3.05, 3.63) is 29.9 Å². The normalized spacial score (nSPS) is 11.8. The third-order valence-electron chi connectivity index (χ3n) is 0.970. The second kappa shape index (κ2) is 2.21. The van der Waals surface area contributed by atoms with E-state index in [0.717, 1.165) is 0 Å². The molecule has 0 unspecified atom stereocenters. The van der Waals surface area contributed by atoms with Crippen molar-refractivity contribution in [3.63, 3.8) is 0 Å². The lowest BCUT2D eigenvalue weighted by Gasteiger charge is -1.93. The number of rotatable bonds is 0. The summed E-state index contributed by atoms with van der Waals surface area (Å²) in [6.07, 6.45) is 1.59. The number of pyridine rings is 1. The minimum Gasteiger partial charge on any atom is -0.409 e. The Morgan fingerprint density at radius 3 is 2.78 bits per heavy atom. The summed E-state index contributed by atoms with van der Waals surface area (Å²) in [7, 11) is 0. The van der Waals surface area contributed by atoms with E-state index in [9.17, 15) is 0 Å². The molecule has 0 aliphatic heterocycles. The van der Waals surface area contributed by atoms with Crippen LogP contribution < -0.4 is 11.3 Å². The number of aromatic nitrogens is 1. The van der Waals surface area contributed by atoms with Crippen molar-refractivity contribution < 1.29 is 5.21 Å². The lowest BCUT2D eigenvalue weighted by molar-refractivity contribution is 0.295. The molecule has 3 N–H and O–H groups in total. The van der Waals surface area contributed by atoms with E-state index in [-0.39, 0.29) is 0 Å². The lowest BCUT2D eigenvalue weighted by atomic mass is 10.5. The van der Waals surface area contributed by atoms with Gasteiger partial charge in [0.2, 0.25) is 0 Å². The van der Waals surface area contributed by atoms with Crippen LogP contribution in [-0.4, -0.2) is 9.88 Å². The predicted octanol–water partition coefficient (Wildman–Crippen LogP) is -0.508. The van der Waals surface area contributed by atoms with Crippen LogP contribution in [0.3, 0.4) is 0 Å². The Hall–Kier alpha value is -1.45. The van der Waals surface area contributed by atoms with Crippen molar-refractivity contribution in [2.24, 2.45) is 5.16 Å². The van der Waals surface area contributed by atoms with E-state index in [1.807, 2.05) is 0 Å². The number of nitrogens with two attached hydrogens (primary N) is 1. The van der Waals surface area contributed by atoms with Gasteiger partial charge in [0.15, 0.2) is 5.49 Å². The van der Waals surface area contributed by atoms with Gasteiger partial charge in [0.25, 0.3) is 0 Å². The Bertz CT molecular complexity index is 252. The zero-order valence-electron chi connectivity index (χ0n) is 4.73. The molecular weight excluding hydrogens is 118 g/mol. The van der Waals surface area contributed by atoms with Crippen molar-refractivity contribution >= 4 is 0 Å². The van der Waals surface area contributed by atoms with Gasteiger partial charge >= 0.3 is 0 Å². The first-order chi connectivity index (χ1) is 4.34. The summed E-state index contributed by atoms with van der Waals surface area (Å²) in [5.41, 5.74) is 0.331. The standard InChI is InChI=1S/C5H7N3O/c6-8-4-2-1-3-5(8)7-9/h1-4,9H,6H2/b7-5-. The Morgan fingerprint density at radius 1 is 1.56 bits per heavy atom. The quantitative estimate of drug-likeness (QED) is 0.279. The van der Waals surface area contributed by atoms with Crippen LogP contribution in [0.4, 0.5) is 0 Å². The third kappa shape index (κ3) is 1.02. The Morgan fingerprint density at radius 2 is 2.33 bits per heavy atom. The van der Waals surface area contributed by atoms with Gasteiger partial charge < -0.3 is 11.0 Å². The van der Waals surface area contributed by atoms with Gasteiger partial charge in [-0.2, -0.15) is 0 Å².